The monoisotopic (exact) mass is 237 g/mol. The van der Waals surface area contributed by atoms with Crippen LogP contribution in [0.15, 0.2) is 21.9 Å². The van der Waals surface area contributed by atoms with Crippen LogP contribution in [0.25, 0.3) is 0 Å². The maximum atomic E-state index is 11.5. The van der Waals surface area contributed by atoms with Crippen molar-refractivity contribution in [3.05, 3.63) is 33.1 Å². The molecule has 2 unspecified atom stereocenters. The summed E-state index contributed by atoms with van der Waals surface area (Å²) in [5.74, 6) is 1.05. The minimum atomic E-state index is -0.563. The Morgan fingerprint density at radius 1 is 1.59 bits per heavy atom. The molecule has 92 valence electrons. The number of amides is 1. The van der Waals surface area contributed by atoms with Crippen LogP contribution < -0.4 is 16.6 Å². The highest BCUT2D eigenvalue weighted by Gasteiger charge is 2.32. The lowest BCUT2D eigenvalue weighted by atomic mass is 10.3. The van der Waals surface area contributed by atoms with Gasteiger partial charge in [-0.15, -0.1) is 0 Å². The zero-order chi connectivity index (χ0) is 12.4. The van der Waals surface area contributed by atoms with Gasteiger partial charge in [0.15, 0.2) is 0 Å². The van der Waals surface area contributed by atoms with Crippen molar-refractivity contribution in [3.63, 3.8) is 0 Å². The molecule has 1 heterocycles. The van der Waals surface area contributed by atoms with Crippen LogP contribution in [0.2, 0.25) is 0 Å². The average molecular weight is 237 g/mol. The van der Waals surface area contributed by atoms with E-state index >= 15 is 0 Å². The molecular formula is C11H15N3O3. The summed E-state index contributed by atoms with van der Waals surface area (Å²) in [6.07, 6.45) is 2.47. The summed E-state index contributed by atoms with van der Waals surface area (Å²) in [5, 5.41) is 2.77. The van der Waals surface area contributed by atoms with Gasteiger partial charge >= 0.3 is 5.69 Å². The zero-order valence-corrected chi connectivity index (χ0v) is 9.60. The quantitative estimate of drug-likeness (QED) is 0.727. The molecule has 2 N–H and O–H groups in total. The molecule has 1 aliphatic rings. The fraction of sp³-hybridized carbons (Fsp3) is 0.545. The third-order valence-electron chi connectivity index (χ3n) is 3.05. The highest BCUT2D eigenvalue weighted by molar-refractivity contribution is 5.75. The molecule has 1 aromatic heterocycles. The lowest BCUT2D eigenvalue weighted by molar-refractivity contribution is -0.121. The fourth-order valence-corrected chi connectivity index (χ4v) is 1.71. The number of hydrogen-bond donors (Lipinski definition) is 2. The summed E-state index contributed by atoms with van der Waals surface area (Å²) in [4.78, 5) is 35.7. The second kappa shape index (κ2) is 4.57. The van der Waals surface area contributed by atoms with Crippen LogP contribution in [-0.2, 0) is 11.3 Å². The van der Waals surface area contributed by atoms with Gasteiger partial charge in [-0.25, -0.2) is 4.79 Å². The third-order valence-corrected chi connectivity index (χ3v) is 3.05. The van der Waals surface area contributed by atoms with Gasteiger partial charge in [0.1, 0.15) is 6.54 Å². The van der Waals surface area contributed by atoms with Crippen molar-refractivity contribution in [2.75, 3.05) is 6.54 Å². The van der Waals surface area contributed by atoms with Crippen LogP contribution >= 0.6 is 0 Å². The van der Waals surface area contributed by atoms with Gasteiger partial charge in [0.2, 0.25) is 5.91 Å². The molecule has 6 nitrogen and oxygen atoms in total. The van der Waals surface area contributed by atoms with Gasteiger partial charge in [0.25, 0.3) is 5.56 Å². The van der Waals surface area contributed by atoms with Crippen LogP contribution in [-0.4, -0.2) is 22.0 Å². The summed E-state index contributed by atoms with van der Waals surface area (Å²) >= 11 is 0. The molecule has 1 saturated carbocycles. The fourth-order valence-electron chi connectivity index (χ4n) is 1.71. The Bertz CT molecular complexity index is 531. The van der Waals surface area contributed by atoms with E-state index in [2.05, 4.69) is 17.2 Å². The van der Waals surface area contributed by atoms with Gasteiger partial charge in [-0.2, -0.15) is 0 Å². The minimum Gasteiger partial charge on any atom is -0.354 e. The van der Waals surface area contributed by atoms with Gasteiger partial charge in [-0.05, 0) is 18.3 Å². The Morgan fingerprint density at radius 2 is 2.29 bits per heavy atom. The molecule has 0 radical (unpaired) electrons. The maximum Gasteiger partial charge on any atom is 0.328 e. The number of aromatic nitrogens is 2. The molecule has 2 atom stereocenters. The zero-order valence-electron chi connectivity index (χ0n) is 9.60. The molecule has 1 aliphatic carbocycles. The second-order valence-corrected chi connectivity index (χ2v) is 4.52. The van der Waals surface area contributed by atoms with Gasteiger partial charge < -0.3 is 5.32 Å². The Kier molecular flexibility index (Phi) is 3.12. The smallest absolute Gasteiger partial charge is 0.328 e. The van der Waals surface area contributed by atoms with Crippen LogP contribution in [0.1, 0.15) is 13.3 Å². The first-order valence-corrected chi connectivity index (χ1v) is 5.62. The standard InChI is InChI=1S/C11H15N3O3/c1-7-4-8(7)5-12-10(16)6-14-3-2-9(15)13-11(14)17/h2-3,7-8H,4-6H2,1H3,(H,12,16)(H,13,15,17). The van der Waals surface area contributed by atoms with Crippen LogP contribution in [0.4, 0.5) is 0 Å². The van der Waals surface area contributed by atoms with E-state index < -0.39 is 11.2 Å². The largest absolute Gasteiger partial charge is 0.354 e. The molecular weight excluding hydrogens is 222 g/mol. The lowest BCUT2D eigenvalue weighted by Gasteiger charge is -2.05. The van der Waals surface area contributed by atoms with Crippen LogP contribution in [0.5, 0.6) is 0 Å². The van der Waals surface area contributed by atoms with Crippen molar-refractivity contribution < 1.29 is 4.79 Å². The molecule has 6 heteroatoms. The summed E-state index contributed by atoms with van der Waals surface area (Å²) in [6.45, 7) is 2.75. The molecule has 1 fully saturated rings. The van der Waals surface area contributed by atoms with Crippen molar-refractivity contribution in [2.45, 2.75) is 19.9 Å². The summed E-state index contributed by atoms with van der Waals surface area (Å²) in [5.41, 5.74) is -1.02. The number of carbonyl (C=O) groups is 1. The van der Waals surface area contributed by atoms with E-state index in [-0.39, 0.29) is 12.5 Å². The Hall–Kier alpha value is -1.85. The first-order chi connectivity index (χ1) is 8.06. The van der Waals surface area contributed by atoms with Gasteiger partial charge in [-0.3, -0.25) is 19.1 Å². The van der Waals surface area contributed by atoms with Crippen molar-refractivity contribution >= 4 is 5.91 Å². The maximum absolute atomic E-state index is 11.5. The number of nitrogens with one attached hydrogen (secondary N) is 2. The lowest BCUT2D eigenvalue weighted by Crippen LogP contribution is -2.36. The Labute approximate surface area is 97.7 Å². The Balaban J connectivity index is 1.89. The minimum absolute atomic E-state index is 0.0588. The number of rotatable bonds is 4. The van der Waals surface area contributed by atoms with E-state index in [0.717, 1.165) is 6.42 Å². The number of H-pyrrole nitrogens is 1. The molecule has 0 bridgehead atoms. The van der Waals surface area contributed by atoms with E-state index in [4.69, 9.17) is 0 Å². The molecule has 2 rings (SSSR count). The topological polar surface area (TPSA) is 84.0 Å². The molecule has 0 saturated heterocycles. The first kappa shape index (κ1) is 11.6. The number of nitrogens with zero attached hydrogens (tertiary/aromatic N) is 1. The van der Waals surface area contributed by atoms with Crippen molar-refractivity contribution in [1.82, 2.24) is 14.9 Å². The van der Waals surface area contributed by atoms with Crippen LogP contribution in [0, 0.1) is 11.8 Å². The van der Waals surface area contributed by atoms with Crippen LogP contribution in [0.3, 0.4) is 0 Å². The van der Waals surface area contributed by atoms with Crippen molar-refractivity contribution in [2.24, 2.45) is 11.8 Å². The van der Waals surface area contributed by atoms with Gasteiger partial charge in [0, 0.05) is 18.8 Å². The summed E-state index contributed by atoms with van der Waals surface area (Å²) < 4.78 is 1.17. The molecule has 0 aliphatic heterocycles. The normalized spacial score (nSPS) is 22.2. The van der Waals surface area contributed by atoms with Crippen molar-refractivity contribution in [1.29, 1.82) is 0 Å². The summed E-state index contributed by atoms with van der Waals surface area (Å²) in [6, 6.07) is 1.22. The third kappa shape index (κ3) is 3.05. The Morgan fingerprint density at radius 3 is 2.88 bits per heavy atom. The highest BCUT2D eigenvalue weighted by atomic mass is 16.2. The first-order valence-electron chi connectivity index (χ1n) is 5.62. The van der Waals surface area contributed by atoms with Gasteiger partial charge in [0.05, 0.1) is 0 Å². The molecule has 1 amide bonds. The summed E-state index contributed by atoms with van der Waals surface area (Å²) in [7, 11) is 0. The predicted octanol–water partition coefficient (Wildman–Crippen LogP) is -0.691. The van der Waals surface area contributed by atoms with E-state index in [1.807, 2.05) is 0 Å². The van der Waals surface area contributed by atoms with E-state index in [0.29, 0.717) is 18.4 Å². The van der Waals surface area contributed by atoms with E-state index in [9.17, 15) is 14.4 Å². The van der Waals surface area contributed by atoms with E-state index in [1.165, 1.54) is 16.8 Å². The van der Waals surface area contributed by atoms with E-state index in [1.54, 1.807) is 0 Å². The number of hydrogen-bond acceptors (Lipinski definition) is 3. The number of carbonyl (C=O) groups excluding carboxylic acids is 1. The SMILES string of the molecule is CC1CC1CNC(=O)Cn1ccc(=O)[nH]c1=O. The van der Waals surface area contributed by atoms with Gasteiger partial charge in [-0.1, -0.05) is 6.92 Å². The molecule has 17 heavy (non-hydrogen) atoms. The molecule has 0 spiro atoms. The molecule has 1 aromatic rings. The predicted molar refractivity (Wildman–Crippen MR) is 61.6 cm³/mol. The molecule has 0 aromatic carbocycles. The highest BCUT2D eigenvalue weighted by Crippen LogP contribution is 2.36. The average Bonchev–Trinajstić information content (AvgIpc) is 2.96. The number of aromatic amines is 1. The second-order valence-electron chi connectivity index (χ2n) is 4.52. The van der Waals surface area contributed by atoms with Crippen molar-refractivity contribution in [3.8, 4) is 0 Å².